The molecule has 1 aromatic carbocycles. The first-order valence-electron chi connectivity index (χ1n) is 7.43. The number of benzene rings is 1. The van der Waals surface area contributed by atoms with Gasteiger partial charge in [0.1, 0.15) is 0 Å². The van der Waals surface area contributed by atoms with Crippen LogP contribution in [0.2, 0.25) is 0 Å². The van der Waals surface area contributed by atoms with Crippen LogP contribution in [0.15, 0.2) is 37.1 Å². The Morgan fingerprint density at radius 3 is 2.17 bits per heavy atom. The predicted molar refractivity (Wildman–Crippen MR) is 85.5 cm³/mol. The van der Waals surface area contributed by atoms with Crippen LogP contribution in [0, 0.1) is 11.8 Å². The highest BCUT2D eigenvalue weighted by atomic mass is 16.5. The summed E-state index contributed by atoms with van der Waals surface area (Å²) in [6, 6.07) is 5.44. The molecule has 1 aliphatic rings. The number of carbonyl (C=O) groups is 3. The van der Waals surface area contributed by atoms with Gasteiger partial charge in [-0.15, -0.1) is 0 Å². The molecule has 2 N–H and O–H groups in total. The maximum absolute atomic E-state index is 11.1. The van der Waals surface area contributed by atoms with Crippen molar-refractivity contribution in [2.24, 2.45) is 11.8 Å². The molecule has 0 bridgehead atoms. The average molecular weight is 335 g/mol. The van der Waals surface area contributed by atoms with Crippen molar-refractivity contribution in [1.29, 1.82) is 0 Å². The van der Waals surface area contributed by atoms with Crippen LogP contribution in [0.5, 0.6) is 0 Å². The summed E-state index contributed by atoms with van der Waals surface area (Å²) in [6.45, 7) is 7.74. The largest absolute Gasteiger partial charge is 0.478 e. The normalized spacial score (nSPS) is 16.4. The van der Waals surface area contributed by atoms with E-state index in [1.54, 1.807) is 0 Å². The molecule has 1 aromatic rings. The third kappa shape index (κ3) is 5.20. The monoisotopic (exact) mass is 335 g/mol. The molecule has 1 fully saturated rings. The summed E-state index contributed by atoms with van der Waals surface area (Å²) in [5.74, 6) is -1.31. The molecule has 1 unspecified atom stereocenters. The highest BCUT2D eigenvalue weighted by Crippen LogP contribution is 2.23. The predicted octanol–water partition coefficient (Wildman–Crippen LogP) is 2.57. The topological polar surface area (TPSA) is 104 Å². The molecule has 2 rings (SSSR count). The van der Waals surface area contributed by atoms with Gasteiger partial charge in [0.05, 0.1) is 17.4 Å². The number of hydrogen-bond acceptors (Lipinski definition) is 5. The van der Waals surface area contributed by atoms with Crippen molar-refractivity contribution < 1.29 is 29.4 Å². The van der Waals surface area contributed by atoms with Crippen LogP contribution in [-0.2, 0) is 9.53 Å². The van der Waals surface area contributed by atoms with Gasteiger partial charge in [0.15, 0.2) is 0 Å². The number of amides is 1. The van der Waals surface area contributed by atoms with Crippen molar-refractivity contribution in [1.82, 2.24) is 5.06 Å². The minimum absolute atomic E-state index is 0.0463. The van der Waals surface area contributed by atoms with E-state index in [2.05, 4.69) is 11.3 Å². The van der Waals surface area contributed by atoms with E-state index in [0.29, 0.717) is 12.5 Å². The second kappa shape index (κ2) is 8.83. The smallest absolute Gasteiger partial charge is 0.342 e. The molecule has 24 heavy (non-hydrogen) atoms. The SMILES string of the molecule is C=COC(=O)c1ccc(C(=O)O)cc1.CC(C)C1CCN(O)C1=O. The number of nitrogens with zero attached hydrogens (tertiary/aromatic N) is 1. The second-order valence-electron chi connectivity index (χ2n) is 5.56. The van der Waals surface area contributed by atoms with E-state index in [4.69, 9.17) is 10.3 Å². The fraction of sp³-hybridized carbons (Fsp3) is 0.353. The molecule has 7 heteroatoms. The van der Waals surface area contributed by atoms with Crippen molar-refractivity contribution in [2.45, 2.75) is 20.3 Å². The fourth-order valence-corrected chi connectivity index (χ4v) is 2.20. The van der Waals surface area contributed by atoms with Crippen LogP contribution >= 0.6 is 0 Å². The lowest BCUT2D eigenvalue weighted by Crippen LogP contribution is -2.25. The van der Waals surface area contributed by atoms with Gasteiger partial charge in [0, 0.05) is 12.5 Å². The Morgan fingerprint density at radius 1 is 1.29 bits per heavy atom. The molecule has 130 valence electrons. The molecule has 0 aromatic heterocycles. The second-order valence-corrected chi connectivity index (χ2v) is 5.56. The van der Waals surface area contributed by atoms with Gasteiger partial charge in [0.2, 0.25) is 5.91 Å². The summed E-state index contributed by atoms with van der Waals surface area (Å²) >= 11 is 0. The highest BCUT2D eigenvalue weighted by molar-refractivity contribution is 5.92. The van der Waals surface area contributed by atoms with Gasteiger partial charge in [-0.2, -0.15) is 0 Å². The Balaban J connectivity index is 0.000000254. The first-order valence-corrected chi connectivity index (χ1v) is 7.43. The van der Waals surface area contributed by atoms with Crippen molar-refractivity contribution >= 4 is 17.8 Å². The number of carbonyl (C=O) groups excluding carboxylic acids is 2. The molecule has 0 spiro atoms. The highest BCUT2D eigenvalue weighted by Gasteiger charge is 2.32. The first kappa shape index (κ1) is 19.4. The maximum atomic E-state index is 11.1. The molecule has 7 nitrogen and oxygen atoms in total. The molecule has 1 amide bonds. The lowest BCUT2D eigenvalue weighted by atomic mass is 9.95. The molecule has 0 radical (unpaired) electrons. The van der Waals surface area contributed by atoms with Crippen molar-refractivity contribution in [3.63, 3.8) is 0 Å². The fourth-order valence-electron chi connectivity index (χ4n) is 2.20. The lowest BCUT2D eigenvalue weighted by Gasteiger charge is -2.11. The Morgan fingerprint density at radius 2 is 1.83 bits per heavy atom. The van der Waals surface area contributed by atoms with Crippen LogP contribution in [0.3, 0.4) is 0 Å². The molecule has 0 aliphatic carbocycles. The van der Waals surface area contributed by atoms with Crippen LogP contribution in [0.1, 0.15) is 41.0 Å². The number of ether oxygens (including phenoxy) is 1. The van der Waals surface area contributed by atoms with Crippen molar-refractivity contribution in [2.75, 3.05) is 6.54 Å². The summed E-state index contributed by atoms with van der Waals surface area (Å²) in [6.07, 6.45) is 1.82. The summed E-state index contributed by atoms with van der Waals surface area (Å²) in [4.78, 5) is 32.6. The summed E-state index contributed by atoms with van der Waals surface area (Å²) in [5.41, 5.74) is 0.412. The number of carboxylic acid groups (broad SMARTS) is 1. The number of hydrogen-bond donors (Lipinski definition) is 2. The quantitative estimate of drug-likeness (QED) is 0.498. The van der Waals surface area contributed by atoms with E-state index in [-0.39, 0.29) is 23.0 Å². The maximum Gasteiger partial charge on any atom is 0.342 e. The van der Waals surface area contributed by atoms with E-state index < -0.39 is 11.9 Å². The number of carboxylic acids is 1. The number of hydroxylamine groups is 2. The molecule has 1 heterocycles. The summed E-state index contributed by atoms with van der Waals surface area (Å²) in [7, 11) is 0. The van der Waals surface area contributed by atoms with Crippen LogP contribution in [0.25, 0.3) is 0 Å². The minimum atomic E-state index is -1.03. The average Bonchev–Trinajstić information content (AvgIpc) is 2.88. The van der Waals surface area contributed by atoms with Gasteiger partial charge in [-0.25, -0.2) is 14.7 Å². The summed E-state index contributed by atoms with van der Waals surface area (Å²) < 4.78 is 4.51. The lowest BCUT2D eigenvalue weighted by molar-refractivity contribution is -0.160. The number of rotatable bonds is 4. The van der Waals surface area contributed by atoms with E-state index in [9.17, 15) is 14.4 Å². The van der Waals surface area contributed by atoms with Crippen molar-refractivity contribution in [3.8, 4) is 0 Å². The molecule has 1 atom stereocenters. The van der Waals surface area contributed by atoms with E-state index in [1.165, 1.54) is 24.3 Å². The van der Waals surface area contributed by atoms with Gasteiger partial charge >= 0.3 is 11.9 Å². The molecular weight excluding hydrogens is 314 g/mol. The molecule has 1 aliphatic heterocycles. The Bertz CT molecular complexity index is 608. The molecule has 1 saturated heterocycles. The van der Waals surface area contributed by atoms with Gasteiger partial charge < -0.3 is 9.84 Å². The Hall–Kier alpha value is -2.67. The van der Waals surface area contributed by atoms with Gasteiger partial charge in [-0.3, -0.25) is 10.0 Å². The van der Waals surface area contributed by atoms with Crippen molar-refractivity contribution in [3.05, 3.63) is 48.2 Å². The van der Waals surface area contributed by atoms with Crippen LogP contribution in [-0.4, -0.2) is 39.8 Å². The van der Waals surface area contributed by atoms with E-state index in [1.807, 2.05) is 13.8 Å². The third-order valence-corrected chi connectivity index (χ3v) is 3.59. The number of aromatic carboxylic acids is 1. The molecular formula is C17H21NO6. The van der Waals surface area contributed by atoms with Gasteiger partial charge in [0.25, 0.3) is 0 Å². The Labute approximate surface area is 140 Å². The van der Waals surface area contributed by atoms with Gasteiger partial charge in [-0.1, -0.05) is 20.4 Å². The summed E-state index contributed by atoms with van der Waals surface area (Å²) in [5, 5.41) is 18.3. The minimum Gasteiger partial charge on any atom is -0.478 e. The first-order chi connectivity index (χ1) is 11.3. The standard InChI is InChI=1S/C10H8O4.C7H13NO2/c1-2-14-10(13)8-5-3-7(4-6-8)9(11)12;1-5(2)6-3-4-8(10)7(6)9/h2-6H,1H2,(H,11,12);5-6,10H,3-4H2,1-2H3. The van der Waals surface area contributed by atoms with Crippen LogP contribution < -0.4 is 0 Å². The third-order valence-electron chi connectivity index (χ3n) is 3.59. The van der Waals surface area contributed by atoms with E-state index in [0.717, 1.165) is 17.7 Å². The zero-order chi connectivity index (χ0) is 18.3. The van der Waals surface area contributed by atoms with Crippen LogP contribution in [0.4, 0.5) is 0 Å². The van der Waals surface area contributed by atoms with Gasteiger partial charge in [-0.05, 0) is 36.6 Å². The zero-order valence-corrected chi connectivity index (χ0v) is 13.6. The Kier molecular flexibility index (Phi) is 7.13. The molecule has 0 saturated carbocycles. The zero-order valence-electron chi connectivity index (χ0n) is 13.6. The number of esters is 1. The van der Waals surface area contributed by atoms with E-state index >= 15 is 0 Å².